The molecule has 3 aromatic rings. The smallest absolute Gasteiger partial charge is 0.374 e. The van der Waals surface area contributed by atoms with Crippen LogP contribution in [0.1, 0.15) is 10.6 Å². The van der Waals surface area contributed by atoms with Crippen molar-refractivity contribution in [3.8, 4) is 0 Å². The zero-order chi connectivity index (χ0) is 19.6. The zero-order valence-electron chi connectivity index (χ0n) is 13.4. The van der Waals surface area contributed by atoms with E-state index in [9.17, 15) is 19.7 Å². The fourth-order valence-corrected chi connectivity index (χ4v) is 2.57. The van der Waals surface area contributed by atoms with Crippen LogP contribution in [0.3, 0.4) is 0 Å². The molecule has 0 bridgehead atoms. The average Bonchev–Trinajstić information content (AvgIpc) is 3.04. The molecule has 0 aliphatic rings. The monoisotopic (exact) mass is 408 g/mol. The van der Waals surface area contributed by atoms with Gasteiger partial charge in [0, 0.05) is 22.5 Å². The van der Waals surface area contributed by atoms with Crippen LogP contribution in [-0.4, -0.2) is 23.4 Å². The number of ether oxygens (including phenoxy) is 1. The van der Waals surface area contributed by atoms with E-state index in [0.29, 0.717) is 16.0 Å². The number of benzene rings is 2. The van der Waals surface area contributed by atoms with Crippen LogP contribution in [0.25, 0.3) is 11.0 Å². The van der Waals surface area contributed by atoms with Gasteiger partial charge in [-0.25, -0.2) is 4.79 Å². The fourth-order valence-electron chi connectivity index (χ4n) is 2.23. The van der Waals surface area contributed by atoms with Gasteiger partial charge < -0.3 is 14.5 Å². The number of nitrogens with one attached hydrogen (secondary N) is 1. The molecule has 0 aliphatic carbocycles. The molecule has 0 saturated carbocycles. The number of hydrogen-bond acceptors (Lipinski definition) is 6. The van der Waals surface area contributed by atoms with E-state index in [1.54, 1.807) is 18.2 Å². The minimum absolute atomic E-state index is 0.0327. The van der Waals surface area contributed by atoms with Gasteiger partial charge in [-0.1, -0.05) is 23.2 Å². The number of rotatable bonds is 5. The third-order valence-corrected chi connectivity index (χ3v) is 4.01. The highest BCUT2D eigenvalue weighted by molar-refractivity contribution is 6.33. The van der Waals surface area contributed by atoms with Crippen LogP contribution >= 0.6 is 23.2 Å². The highest BCUT2D eigenvalue weighted by Crippen LogP contribution is 2.27. The molecule has 0 saturated heterocycles. The Hall–Kier alpha value is -3.10. The van der Waals surface area contributed by atoms with Crippen LogP contribution in [0.5, 0.6) is 0 Å². The Labute approximate surface area is 161 Å². The van der Waals surface area contributed by atoms with Crippen molar-refractivity contribution in [1.29, 1.82) is 0 Å². The first-order valence-corrected chi connectivity index (χ1v) is 8.19. The molecule has 1 amide bonds. The van der Waals surface area contributed by atoms with Crippen LogP contribution in [0.2, 0.25) is 10.0 Å². The summed E-state index contributed by atoms with van der Waals surface area (Å²) in [6, 6.07) is 9.86. The van der Waals surface area contributed by atoms with E-state index < -0.39 is 23.4 Å². The van der Waals surface area contributed by atoms with Crippen molar-refractivity contribution in [3.63, 3.8) is 0 Å². The number of non-ortho nitro benzene ring substituents is 1. The molecule has 0 unspecified atom stereocenters. The lowest BCUT2D eigenvalue weighted by Gasteiger charge is -2.07. The molecular weight excluding hydrogens is 399 g/mol. The molecule has 0 radical (unpaired) electrons. The molecule has 3 rings (SSSR count). The quantitative estimate of drug-likeness (QED) is 0.379. The largest absolute Gasteiger partial charge is 0.450 e. The average molecular weight is 409 g/mol. The Balaban J connectivity index is 1.64. The summed E-state index contributed by atoms with van der Waals surface area (Å²) >= 11 is 11.8. The Morgan fingerprint density at radius 1 is 1.15 bits per heavy atom. The van der Waals surface area contributed by atoms with Gasteiger partial charge in [0.15, 0.2) is 6.61 Å². The van der Waals surface area contributed by atoms with Gasteiger partial charge in [0.05, 0.1) is 15.6 Å². The summed E-state index contributed by atoms with van der Waals surface area (Å²) in [5.41, 5.74) is 0.233. The van der Waals surface area contributed by atoms with Gasteiger partial charge in [-0.05, 0) is 30.3 Å². The van der Waals surface area contributed by atoms with E-state index in [1.807, 2.05) is 0 Å². The van der Waals surface area contributed by atoms with Crippen molar-refractivity contribution >= 4 is 57.4 Å². The standard InChI is InChI=1S/C17H10Cl2N2O6/c18-10-1-4-14-9(5-10)6-15(27-14)17(23)26-8-16(22)20-13-7-11(21(24)25)2-3-12(13)19/h1-7H,8H2,(H,20,22). The van der Waals surface area contributed by atoms with E-state index in [-0.39, 0.29) is 22.2 Å². The molecule has 10 heteroatoms. The summed E-state index contributed by atoms with van der Waals surface area (Å²) in [5, 5.41) is 14.3. The molecule has 1 aromatic heterocycles. The topological polar surface area (TPSA) is 112 Å². The van der Waals surface area contributed by atoms with Gasteiger partial charge in [0.25, 0.3) is 11.6 Å². The molecule has 0 fully saturated rings. The molecule has 0 atom stereocenters. The molecular formula is C17H10Cl2N2O6. The van der Waals surface area contributed by atoms with E-state index in [0.717, 1.165) is 6.07 Å². The molecule has 1 N–H and O–H groups in total. The molecule has 2 aromatic carbocycles. The summed E-state index contributed by atoms with van der Waals surface area (Å²) in [6.45, 7) is -0.629. The molecule has 0 aliphatic heterocycles. The van der Waals surface area contributed by atoms with Gasteiger partial charge in [-0.2, -0.15) is 0 Å². The fraction of sp³-hybridized carbons (Fsp3) is 0.0588. The van der Waals surface area contributed by atoms with Gasteiger partial charge >= 0.3 is 5.97 Å². The molecule has 8 nitrogen and oxygen atoms in total. The van der Waals surface area contributed by atoms with Gasteiger partial charge in [-0.3, -0.25) is 14.9 Å². The number of nitro groups is 1. The lowest BCUT2D eigenvalue weighted by molar-refractivity contribution is -0.384. The van der Waals surface area contributed by atoms with E-state index >= 15 is 0 Å². The highest BCUT2D eigenvalue weighted by atomic mass is 35.5. The third kappa shape index (κ3) is 4.36. The third-order valence-electron chi connectivity index (χ3n) is 3.45. The number of esters is 1. The number of amides is 1. The maximum absolute atomic E-state index is 12.0. The minimum atomic E-state index is -0.845. The van der Waals surface area contributed by atoms with E-state index in [1.165, 1.54) is 18.2 Å². The second-order valence-corrected chi connectivity index (χ2v) is 6.18. The number of nitrogens with zero attached hydrogens (tertiary/aromatic N) is 1. The first kappa shape index (κ1) is 18.7. The summed E-state index contributed by atoms with van der Waals surface area (Å²) in [6.07, 6.45) is 0. The number of nitro benzene ring substituents is 1. The predicted molar refractivity (Wildman–Crippen MR) is 98.2 cm³/mol. The van der Waals surface area contributed by atoms with Crippen LogP contribution in [0.4, 0.5) is 11.4 Å². The van der Waals surface area contributed by atoms with Crippen molar-refractivity contribution < 1.29 is 23.7 Å². The van der Waals surface area contributed by atoms with Gasteiger partial charge in [0.1, 0.15) is 5.58 Å². The number of carbonyl (C=O) groups excluding carboxylic acids is 2. The Morgan fingerprint density at radius 2 is 1.93 bits per heavy atom. The summed E-state index contributed by atoms with van der Waals surface area (Å²) < 4.78 is 10.2. The van der Waals surface area contributed by atoms with Crippen molar-refractivity contribution in [1.82, 2.24) is 0 Å². The van der Waals surface area contributed by atoms with E-state index in [2.05, 4.69) is 5.32 Å². The number of furan rings is 1. The second-order valence-electron chi connectivity index (χ2n) is 5.34. The molecule has 0 spiro atoms. The van der Waals surface area contributed by atoms with Crippen molar-refractivity contribution in [2.75, 3.05) is 11.9 Å². The SMILES string of the molecule is O=C(COC(=O)c1cc2cc(Cl)ccc2o1)Nc1cc([N+](=O)[O-])ccc1Cl. The molecule has 27 heavy (non-hydrogen) atoms. The Kier molecular flexibility index (Phi) is 5.29. The Bertz CT molecular complexity index is 1060. The zero-order valence-corrected chi connectivity index (χ0v) is 14.9. The maximum Gasteiger partial charge on any atom is 0.374 e. The number of fused-ring (bicyclic) bond motifs is 1. The molecule has 138 valence electrons. The second kappa shape index (κ2) is 7.65. The van der Waals surface area contributed by atoms with E-state index in [4.69, 9.17) is 32.4 Å². The number of anilines is 1. The van der Waals surface area contributed by atoms with Gasteiger partial charge in [0.2, 0.25) is 5.76 Å². The maximum atomic E-state index is 12.0. The summed E-state index contributed by atoms with van der Waals surface area (Å²) in [7, 11) is 0. The first-order valence-electron chi connectivity index (χ1n) is 7.43. The first-order chi connectivity index (χ1) is 12.8. The normalized spacial score (nSPS) is 10.6. The summed E-state index contributed by atoms with van der Waals surface area (Å²) in [4.78, 5) is 34.1. The van der Waals surface area contributed by atoms with Crippen molar-refractivity contribution in [2.24, 2.45) is 0 Å². The van der Waals surface area contributed by atoms with Crippen LogP contribution in [-0.2, 0) is 9.53 Å². The summed E-state index contributed by atoms with van der Waals surface area (Å²) in [5.74, 6) is -1.65. The van der Waals surface area contributed by atoms with Gasteiger partial charge in [-0.15, -0.1) is 0 Å². The van der Waals surface area contributed by atoms with Crippen LogP contribution < -0.4 is 5.32 Å². The van der Waals surface area contributed by atoms with Crippen LogP contribution in [0.15, 0.2) is 46.9 Å². The Morgan fingerprint density at radius 3 is 2.67 bits per heavy atom. The number of halogens is 2. The van der Waals surface area contributed by atoms with Crippen molar-refractivity contribution in [3.05, 3.63) is 68.4 Å². The highest BCUT2D eigenvalue weighted by Gasteiger charge is 2.17. The lowest BCUT2D eigenvalue weighted by atomic mass is 10.2. The number of carbonyl (C=O) groups is 2. The van der Waals surface area contributed by atoms with Crippen molar-refractivity contribution in [2.45, 2.75) is 0 Å². The molecule has 1 heterocycles. The predicted octanol–water partition coefficient (Wildman–Crippen LogP) is 4.44. The minimum Gasteiger partial charge on any atom is -0.450 e. The van der Waals surface area contributed by atoms with Crippen LogP contribution in [0, 0.1) is 10.1 Å². The number of hydrogen-bond donors (Lipinski definition) is 1. The lowest BCUT2D eigenvalue weighted by Crippen LogP contribution is -2.21.